The summed E-state index contributed by atoms with van der Waals surface area (Å²) in [5.41, 5.74) is 3.01. The van der Waals surface area contributed by atoms with Crippen LogP contribution >= 0.6 is 0 Å². The zero-order valence-corrected chi connectivity index (χ0v) is 16.2. The molecule has 0 aliphatic heterocycles. The minimum atomic E-state index is -0.865. The van der Waals surface area contributed by atoms with E-state index < -0.39 is 5.97 Å². The SMILES string of the molecule is O=C(O)CCC(Cc1ccccc1)NC(=O)NCCCc1nc2ccccc2[nH]1. The number of aromatic nitrogens is 2. The molecule has 29 heavy (non-hydrogen) atoms. The average molecular weight is 394 g/mol. The first-order chi connectivity index (χ1) is 14.1. The number of carbonyl (C=O) groups excluding carboxylic acids is 1. The number of hydrogen-bond donors (Lipinski definition) is 4. The van der Waals surface area contributed by atoms with Crippen LogP contribution in [-0.2, 0) is 17.6 Å². The highest BCUT2D eigenvalue weighted by atomic mass is 16.4. The molecule has 0 fully saturated rings. The van der Waals surface area contributed by atoms with Gasteiger partial charge in [-0.25, -0.2) is 9.78 Å². The standard InChI is InChI=1S/C22H26N4O3/c27-21(28)13-12-17(15-16-7-2-1-3-8-16)24-22(29)23-14-6-11-20-25-18-9-4-5-10-19(18)26-20/h1-5,7-10,17H,6,11-15H2,(H,25,26)(H,27,28)(H2,23,24,29). The summed E-state index contributed by atoms with van der Waals surface area (Å²) < 4.78 is 0. The first kappa shape index (κ1) is 20.4. The van der Waals surface area contributed by atoms with Crippen molar-refractivity contribution in [1.82, 2.24) is 20.6 Å². The van der Waals surface area contributed by atoms with E-state index >= 15 is 0 Å². The van der Waals surface area contributed by atoms with E-state index in [0.717, 1.165) is 35.3 Å². The summed E-state index contributed by atoms with van der Waals surface area (Å²) in [6.45, 7) is 0.514. The minimum Gasteiger partial charge on any atom is -0.481 e. The Labute approximate surface area is 169 Å². The Balaban J connectivity index is 1.44. The Hall–Kier alpha value is -3.35. The van der Waals surface area contributed by atoms with E-state index in [9.17, 15) is 9.59 Å². The van der Waals surface area contributed by atoms with Gasteiger partial charge >= 0.3 is 12.0 Å². The smallest absolute Gasteiger partial charge is 0.315 e. The number of benzene rings is 2. The Morgan fingerprint density at radius 2 is 1.83 bits per heavy atom. The van der Waals surface area contributed by atoms with E-state index in [1.54, 1.807) is 0 Å². The Kier molecular flexibility index (Phi) is 7.22. The first-order valence-corrected chi connectivity index (χ1v) is 9.84. The molecule has 0 aliphatic carbocycles. The highest BCUT2D eigenvalue weighted by Crippen LogP contribution is 2.11. The molecule has 4 N–H and O–H groups in total. The molecule has 0 radical (unpaired) electrons. The lowest BCUT2D eigenvalue weighted by Crippen LogP contribution is -2.43. The predicted molar refractivity (Wildman–Crippen MR) is 112 cm³/mol. The normalized spacial score (nSPS) is 11.9. The monoisotopic (exact) mass is 394 g/mol. The van der Waals surface area contributed by atoms with Crippen LogP contribution in [0.5, 0.6) is 0 Å². The van der Waals surface area contributed by atoms with Crippen molar-refractivity contribution in [1.29, 1.82) is 0 Å². The topological polar surface area (TPSA) is 107 Å². The number of urea groups is 1. The van der Waals surface area contributed by atoms with E-state index in [2.05, 4.69) is 20.6 Å². The van der Waals surface area contributed by atoms with Gasteiger partial charge in [-0.1, -0.05) is 42.5 Å². The first-order valence-electron chi connectivity index (χ1n) is 9.84. The Morgan fingerprint density at radius 1 is 1.07 bits per heavy atom. The second-order valence-electron chi connectivity index (χ2n) is 7.02. The third-order valence-corrected chi connectivity index (χ3v) is 4.68. The van der Waals surface area contributed by atoms with Crippen LogP contribution < -0.4 is 10.6 Å². The van der Waals surface area contributed by atoms with Crippen LogP contribution in [0.25, 0.3) is 11.0 Å². The molecule has 152 valence electrons. The van der Waals surface area contributed by atoms with Crippen molar-refractivity contribution in [2.45, 2.75) is 38.1 Å². The van der Waals surface area contributed by atoms with Crippen LogP contribution in [0.15, 0.2) is 54.6 Å². The molecule has 7 nitrogen and oxygen atoms in total. The summed E-state index contributed by atoms with van der Waals surface area (Å²) in [6, 6.07) is 17.1. The number of rotatable bonds is 10. The molecule has 1 aromatic heterocycles. The molecular weight excluding hydrogens is 368 g/mol. The number of carboxylic acids is 1. The number of amides is 2. The maximum Gasteiger partial charge on any atom is 0.315 e. The lowest BCUT2D eigenvalue weighted by atomic mass is 10.0. The van der Waals surface area contributed by atoms with Gasteiger partial charge in [-0.2, -0.15) is 0 Å². The summed E-state index contributed by atoms with van der Waals surface area (Å²) >= 11 is 0. The van der Waals surface area contributed by atoms with Crippen LogP contribution in [-0.4, -0.2) is 39.7 Å². The van der Waals surface area contributed by atoms with E-state index in [0.29, 0.717) is 19.4 Å². The summed E-state index contributed by atoms with van der Waals surface area (Å²) in [7, 11) is 0. The number of carbonyl (C=O) groups is 2. The Bertz CT molecular complexity index is 906. The number of aryl methyl sites for hydroxylation is 1. The van der Waals surface area contributed by atoms with Gasteiger partial charge in [-0.3, -0.25) is 4.79 Å². The number of H-pyrrole nitrogens is 1. The molecule has 0 saturated heterocycles. The maximum atomic E-state index is 12.2. The molecule has 1 atom stereocenters. The number of aliphatic carboxylic acids is 1. The molecule has 1 unspecified atom stereocenters. The summed E-state index contributed by atoms with van der Waals surface area (Å²) in [4.78, 5) is 31.0. The van der Waals surface area contributed by atoms with Crippen molar-refractivity contribution < 1.29 is 14.7 Å². The summed E-state index contributed by atoms with van der Waals surface area (Å²) in [5, 5.41) is 14.7. The molecule has 1 heterocycles. The molecular formula is C22H26N4O3. The Morgan fingerprint density at radius 3 is 2.59 bits per heavy atom. The van der Waals surface area contributed by atoms with Crippen LogP contribution in [0.3, 0.4) is 0 Å². The van der Waals surface area contributed by atoms with E-state index in [4.69, 9.17) is 5.11 Å². The largest absolute Gasteiger partial charge is 0.481 e. The van der Waals surface area contributed by atoms with Crippen LogP contribution in [0.1, 0.15) is 30.7 Å². The molecule has 0 spiro atoms. The van der Waals surface area contributed by atoms with Crippen molar-refractivity contribution in [2.24, 2.45) is 0 Å². The molecule has 3 aromatic rings. The molecule has 0 bridgehead atoms. The van der Waals surface area contributed by atoms with Crippen molar-refractivity contribution >= 4 is 23.0 Å². The highest BCUT2D eigenvalue weighted by Gasteiger charge is 2.14. The highest BCUT2D eigenvalue weighted by molar-refractivity contribution is 5.75. The maximum absolute atomic E-state index is 12.2. The zero-order valence-electron chi connectivity index (χ0n) is 16.2. The minimum absolute atomic E-state index is 0.0177. The zero-order chi connectivity index (χ0) is 20.5. The fraction of sp³-hybridized carbons (Fsp3) is 0.318. The second-order valence-corrected chi connectivity index (χ2v) is 7.02. The third-order valence-electron chi connectivity index (χ3n) is 4.68. The number of aromatic amines is 1. The number of nitrogens with one attached hydrogen (secondary N) is 3. The third kappa shape index (κ3) is 6.64. The molecule has 7 heteroatoms. The molecule has 2 amide bonds. The van der Waals surface area contributed by atoms with Crippen LogP contribution in [0.4, 0.5) is 4.79 Å². The molecule has 0 saturated carbocycles. The van der Waals surface area contributed by atoms with Gasteiger partial charge in [0.1, 0.15) is 5.82 Å². The van der Waals surface area contributed by atoms with Crippen LogP contribution in [0.2, 0.25) is 0 Å². The van der Waals surface area contributed by atoms with Gasteiger partial charge in [0, 0.05) is 25.4 Å². The van der Waals surface area contributed by atoms with E-state index in [1.165, 1.54) is 0 Å². The van der Waals surface area contributed by atoms with Crippen molar-refractivity contribution in [2.75, 3.05) is 6.54 Å². The number of fused-ring (bicyclic) bond motifs is 1. The quantitative estimate of drug-likeness (QED) is 0.396. The van der Waals surface area contributed by atoms with Crippen LogP contribution in [0, 0.1) is 0 Å². The number of para-hydroxylation sites is 2. The van der Waals surface area contributed by atoms with E-state index in [1.807, 2.05) is 54.6 Å². The van der Waals surface area contributed by atoms with Gasteiger partial charge in [-0.15, -0.1) is 0 Å². The predicted octanol–water partition coefficient (Wildman–Crippen LogP) is 3.27. The van der Waals surface area contributed by atoms with E-state index in [-0.39, 0.29) is 18.5 Å². The van der Waals surface area contributed by atoms with Crippen molar-refractivity contribution in [3.8, 4) is 0 Å². The summed E-state index contributed by atoms with van der Waals surface area (Å²) in [6.07, 6.45) is 2.49. The van der Waals surface area contributed by atoms with Gasteiger partial charge in [0.15, 0.2) is 0 Å². The van der Waals surface area contributed by atoms with Crippen molar-refractivity contribution in [3.05, 3.63) is 66.0 Å². The van der Waals surface area contributed by atoms with Gasteiger partial charge < -0.3 is 20.7 Å². The van der Waals surface area contributed by atoms with Gasteiger partial charge in [0.2, 0.25) is 0 Å². The van der Waals surface area contributed by atoms with Crippen molar-refractivity contribution in [3.63, 3.8) is 0 Å². The molecule has 0 aliphatic rings. The average Bonchev–Trinajstić information content (AvgIpc) is 3.13. The number of nitrogens with zero attached hydrogens (tertiary/aromatic N) is 1. The molecule has 3 rings (SSSR count). The lowest BCUT2D eigenvalue weighted by Gasteiger charge is -2.18. The van der Waals surface area contributed by atoms with Gasteiger partial charge in [-0.05, 0) is 37.0 Å². The van der Waals surface area contributed by atoms with Gasteiger partial charge in [0.25, 0.3) is 0 Å². The van der Waals surface area contributed by atoms with Gasteiger partial charge in [0.05, 0.1) is 11.0 Å². The molecule has 2 aromatic carbocycles. The fourth-order valence-electron chi connectivity index (χ4n) is 3.24. The lowest BCUT2D eigenvalue weighted by molar-refractivity contribution is -0.137. The summed E-state index contributed by atoms with van der Waals surface area (Å²) in [5.74, 6) is 0.0351. The number of imidazole rings is 1. The number of hydrogen-bond acceptors (Lipinski definition) is 3. The number of carboxylic acid groups (broad SMARTS) is 1. The second kappa shape index (κ2) is 10.3. The fourth-order valence-corrected chi connectivity index (χ4v) is 3.24.